The molecule has 1 aliphatic carbocycles. The average Bonchev–Trinajstić information content (AvgIpc) is 2.81. The number of hydrogen-bond acceptors (Lipinski definition) is 5. The molecule has 6 heteroatoms. The Balaban J connectivity index is 1.47. The van der Waals surface area contributed by atoms with Crippen molar-refractivity contribution in [3.05, 3.63) is 53.8 Å². The summed E-state index contributed by atoms with van der Waals surface area (Å²) in [5.74, 6) is 1.18. The molecule has 0 aromatic heterocycles. The second-order valence-electron chi connectivity index (χ2n) is 8.67. The summed E-state index contributed by atoms with van der Waals surface area (Å²) in [6.45, 7) is 4.47. The lowest BCUT2D eigenvalue weighted by atomic mass is 9.71. The fraction of sp³-hybridized carbons (Fsp3) is 0.520. The highest BCUT2D eigenvalue weighted by atomic mass is 19.1. The molecule has 5 nitrogen and oxygen atoms in total. The van der Waals surface area contributed by atoms with Crippen molar-refractivity contribution in [2.24, 2.45) is 5.92 Å². The fourth-order valence-electron chi connectivity index (χ4n) is 5.22. The number of nitrogens with zero attached hydrogens (tertiary/aromatic N) is 2. The van der Waals surface area contributed by atoms with Gasteiger partial charge in [-0.1, -0.05) is 25.0 Å². The van der Waals surface area contributed by atoms with E-state index in [0.717, 1.165) is 63.4 Å². The minimum atomic E-state index is -1.06. The van der Waals surface area contributed by atoms with Crippen LogP contribution in [-0.4, -0.2) is 56.9 Å². The standard InChI is InChI=1S/C25H33FN2O3/c1-30-23-11-10-20(26)17-21(23)25(29)12-6-5-7-19(25)18-27-13-15-28(16-14-27)22-8-3-4-9-24(22)31-2/h3-4,8-11,17,19,29H,5-7,12-16,18H2,1-2H3. The zero-order chi connectivity index (χ0) is 21.8. The Morgan fingerprint density at radius 1 is 1.00 bits per heavy atom. The van der Waals surface area contributed by atoms with Crippen LogP contribution in [0.5, 0.6) is 11.5 Å². The summed E-state index contributed by atoms with van der Waals surface area (Å²) in [6, 6.07) is 12.6. The molecule has 0 amide bonds. The fourth-order valence-corrected chi connectivity index (χ4v) is 5.22. The van der Waals surface area contributed by atoms with E-state index in [1.54, 1.807) is 20.3 Å². The molecule has 31 heavy (non-hydrogen) atoms. The molecule has 2 fully saturated rings. The first-order chi connectivity index (χ1) is 15.0. The van der Waals surface area contributed by atoms with E-state index in [-0.39, 0.29) is 11.7 Å². The minimum Gasteiger partial charge on any atom is -0.496 e. The van der Waals surface area contributed by atoms with Gasteiger partial charge in [0.1, 0.15) is 17.3 Å². The predicted molar refractivity (Wildman–Crippen MR) is 120 cm³/mol. The second kappa shape index (κ2) is 9.45. The maximum Gasteiger partial charge on any atom is 0.142 e. The van der Waals surface area contributed by atoms with E-state index in [1.807, 2.05) is 18.2 Å². The molecule has 2 atom stereocenters. The summed E-state index contributed by atoms with van der Waals surface area (Å²) >= 11 is 0. The van der Waals surface area contributed by atoms with Crippen LogP contribution in [0, 0.1) is 11.7 Å². The van der Waals surface area contributed by atoms with Crippen LogP contribution in [0.4, 0.5) is 10.1 Å². The Bertz CT molecular complexity index is 885. The number of aliphatic hydroxyl groups is 1. The molecule has 1 heterocycles. The van der Waals surface area contributed by atoms with Gasteiger partial charge in [0.05, 0.1) is 25.5 Å². The van der Waals surface area contributed by atoms with E-state index >= 15 is 0 Å². The van der Waals surface area contributed by atoms with Gasteiger partial charge in [-0.25, -0.2) is 4.39 Å². The SMILES string of the molecule is COc1ccccc1N1CCN(CC2CCCCC2(O)c2cc(F)ccc2OC)CC1. The number of rotatable bonds is 6. The van der Waals surface area contributed by atoms with Crippen LogP contribution in [0.25, 0.3) is 0 Å². The summed E-state index contributed by atoms with van der Waals surface area (Å²) in [7, 11) is 3.29. The van der Waals surface area contributed by atoms with Crippen LogP contribution in [0.1, 0.15) is 31.2 Å². The van der Waals surface area contributed by atoms with Crippen molar-refractivity contribution in [1.82, 2.24) is 4.90 Å². The maximum absolute atomic E-state index is 14.1. The number of piperazine rings is 1. The monoisotopic (exact) mass is 428 g/mol. The van der Waals surface area contributed by atoms with Crippen molar-refractivity contribution in [3.63, 3.8) is 0 Å². The summed E-state index contributed by atoms with van der Waals surface area (Å²) in [5.41, 5.74) is 0.654. The van der Waals surface area contributed by atoms with Gasteiger partial charge in [0.25, 0.3) is 0 Å². The quantitative estimate of drug-likeness (QED) is 0.752. The van der Waals surface area contributed by atoms with Gasteiger partial charge in [-0.15, -0.1) is 0 Å². The zero-order valence-corrected chi connectivity index (χ0v) is 18.5. The third-order valence-corrected chi connectivity index (χ3v) is 6.94. The van der Waals surface area contributed by atoms with Gasteiger partial charge in [0, 0.05) is 44.2 Å². The largest absolute Gasteiger partial charge is 0.496 e. The lowest BCUT2D eigenvalue weighted by molar-refractivity contribution is -0.0675. The van der Waals surface area contributed by atoms with E-state index in [4.69, 9.17) is 9.47 Å². The number of hydrogen-bond donors (Lipinski definition) is 1. The van der Waals surface area contributed by atoms with Gasteiger partial charge in [0.15, 0.2) is 0 Å². The first-order valence-electron chi connectivity index (χ1n) is 11.2. The summed E-state index contributed by atoms with van der Waals surface area (Å²) in [4.78, 5) is 4.79. The average molecular weight is 429 g/mol. The Morgan fingerprint density at radius 3 is 2.48 bits per heavy atom. The summed E-state index contributed by atoms with van der Waals surface area (Å²) in [5, 5.41) is 11.8. The van der Waals surface area contributed by atoms with E-state index in [1.165, 1.54) is 12.1 Å². The van der Waals surface area contributed by atoms with Gasteiger partial charge in [-0.2, -0.15) is 0 Å². The third kappa shape index (κ3) is 4.51. The Hall–Kier alpha value is -2.31. The molecule has 4 rings (SSSR count). The van der Waals surface area contributed by atoms with E-state index in [0.29, 0.717) is 17.7 Å². The van der Waals surface area contributed by atoms with Crippen LogP contribution in [0.15, 0.2) is 42.5 Å². The number of para-hydroxylation sites is 2. The molecule has 1 aliphatic heterocycles. The maximum atomic E-state index is 14.1. The van der Waals surface area contributed by atoms with Gasteiger partial charge in [-0.3, -0.25) is 4.90 Å². The third-order valence-electron chi connectivity index (χ3n) is 6.94. The highest BCUT2D eigenvalue weighted by Gasteiger charge is 2.43. The summed E-state index contributed by atoms with van der Waals surface area (Å²) in [6.07, 6.45) is 3.60. The van der Waals surface area contributed by atoms with Crippen molar-refractivity contribution in [2.75, 3.05) is 51.8 Å². The van der Waals surface area contributed by atoms with Gasteiger partial charge >= 0.3 is 0 Å². The highest BCUT2D eigenvalue weighted by molar-refractivity contribution is 5.58. The van der Waals surface area contributed by atoms with E-state index in [9.17, 15) is 9.50 Å². The number of anilines is 1. The molecular weight excluding hydrogens is 395 g/mol. The van der Waals surface area contributed by atoms with Crippen molar-refractivity contribution in [1.29, 1.82) is 0 Å². The number of methoxy groups -OCH3 is 2. The minimum absolute atomic E-state index is 0.0507. The van der Waals surface area contributed by atoms with Crippen LogP contribution in [0.2, 0.25) is 0 Å². The van der Waals surface area contributed by atoms with Crippen molar-refractivity contribution in [3.8, 4) is 11.5 Å². The van der Waals surface area contributed by atoms with E-state index < -0.39 is 5.60 Å². The van der Waals surface area contributed by atoms with Crippen LogP contribution < -0.4 is 14.4 Å². The highest BCUT2D eigenvalue weighted by Crippen LogP contribution is 2.45. The van der Waals surface area contributed by atoms with Crippen molar-refractivity contribution < 1.29 is 19.0 Å². The van der Waals surface area contributed by atoms with Crippen molar-refractivity contribution in [2.45, 2.75) is 31.3 Å². The second-order valence-corrected chi connectivity index (χ2v) is 8.67. The Morgan fingerprint density at radius 2 is 1.74 bits per heavy atom. The molecule has 0 radical (unpaired) electrons. The molecule has 0 bridgehead atoms. The van der Waals surface area contributed by atoms with Gasteiger partial charge in [0.2, 0.25) is 0 Å². The molecule has 0 spiro atoms. The Labute approximate surface area is 184 Å². The van der Waals surface area contributed by atoms with Crippen LogP contribution >= 0.6 is 0 Å². The summed E-state index contributed by atoms with van der Waals surface area (Å²) < 4.78 is 25.1. The first-order valence-corrected chi connectivity index (χ1v) is 11.2. The molecule has 168 valence electrons. The lowest BCUT2D eigenvalue weighted by Gasteiger charge is -2.45. The van der Waals surface area contributed by atoms with Crippen molar-refractivity contribution >= 4 is 5.69 Å². The van der Waals surface area contributed by atoms with Gasteiger partial charge in [-0.05, 0) is 43.2 Å². The first kappa shape index (κ1) is 21.9. The smallest absolute Gasteiger partial charge is 0.142 e. The Kier molecular flexibility index (Phi) is 6.68. The zero-order valence-electron chi connectivity index (χ0n) is 18.5. The predicted octanol–water partition coefficient (Wildman–Crippen LogP) is 4.04. The molecule has 2 aromatic rings. The van der Waals surface area contributed by atoms with E-state index in [2.05, 4.69) is 15.9 Å². The number of halogens is 1. The molecule has 2 aliphatic rings. The molecule has 1 N–H and O–H groups in total. The number of ether oxygens (including phenoxy) is 2. The number of benzene rings is 2. The molecular formula is C25H33FN2O3. The topological polar surface area (TPSA) is 45.2 Å². The lowest BCUT2D eigenvalue weighted by Crippen LogP contribution is -2.51. The van der Waals surface area contributed by atoms with Crippen LogP contribution in [-0.2, 0) is 5.60 Å². The molecule has 1 saturated heterocycles. The molecule has 2 aromatic carbocycles. The van der Waals surface area contributed by atoms with Gasteiger partial charge < -0.3 is 19.5 Å². The molecule has 2 unspecified atom stereocenters. The van der Waals surface area contributed by atoms with Crippen LogP contribution in [0.3, 0.4) is 0 Å². The molecule has 1 saturated carbocycles. The normalized spacial score (nSPS) is 24.8.